The maximum absolute atomic E-state index is 13.0. The Bertz CT molecular complexity index is 759. The van der Waals surface area contributed by atoms with Crippen LogP contribution >= 0.6 is 0 Å². The van der Waals surface area contributed by atoms with E-state index >= 15 is 0 Å². The van der Waals surface area contributed by atoms with Gasteiger partial charge in [0.1, 0.15) is 0 Å². The van der Waals surface area contributed by atoms with Crippen LogP contribution in [0.2, 0.25) is 0 Å². The molecule has 1 aromatic carbocycles. The van der Waals surface area contributed by atoms with Gasteiger partial charge in [0.05, 0.1) is 12.8 Å². The smallest absolute Gasteiger partial charge is 0.253 e. The van der Waals surface area contributed by atoms with Crippen LogP contribution in [0.4, 0.5) is 0 Å². The summed E-state index contributed by atoms with van der Waals surface area (Å²) in [5.41, 5.74) is 1.53. The van der Waals surface area contributed by atoms with Crippen LogP contribution in [0.5, 0.6) is 0 Å². The van der Waals surface area contributed by atoms with Gasteiger partial charge in [-0.1, -0.05) is 12.1 Å². The molecule has 26 heavy (non-hydrogen) atoms. The highest BCUT2D eigenvalue weighted by molar-refractivity contribution is 5.94. The maximum atomic E-state index is 13.0. The highest BCUT2D eigenvalue weighted by Gasteiger charge is 2.47. The molecule has 3 heterocycles. The van der Waals surface area contributed by atoms with Crippen molar-refractivity contribution >= 4 is 5.91 Å². The largest absolute Gasteiger partial charge is 0.444 e. The van der Waals surface area contributed by atoms with Gasteiger partial charge in [0.15, 0.2) is 12.2 Å². The topological polar surface area (TPSA) is 69.8 Å². The number of rotatable bonds is 3. The number of likely N-dealkylation sites (N-methyl/N-ethyl adjacent to an activating group) is 1. The van der Waals surface area contributed by atoms with Crippen molar-refractivity contribution in [2.24, 2.45) is 5.41 Å². The lowest BCUT2D eigenvalue weighted by Crippen LogP contribution is -2.62. The predicted molar refractivity (Wildman–Crippen MR) is 97.6 cm³/mol. The summed E-state index contributed by atoms with van der Waals surface area (Å²) >= 11 is 0. The fourth-order valence-corrected chi connectivity index (χ4v) is 4.52. The van der Waals surface area contributed by atoms with Gasteiger partial charge in [0, 0.05) is 35.7 Å². The number of nitrogens with zero attached hydrogens (tertiary/aromatic N) is 3. The van der Waals surface area contributed by atoms with Crippen molar-refractivity contribution in [3.8, 4) is 11.3 Å². The van der Waals surface area contributed by atoms with E-state index in [2.05, 4.69) is 16.9 Å². The first kappa shape index (κ1) is 17.2. The zero-order valence-corrected chi connectivity index (χ0v) is 15.1. The fraction of sp³-hybridized carbons (Fsp3) is 0.500. The van der Waals surface area contributed by atoms with E-state index in [9.17, 15) is 9.90 Å². The molecule has 0 radical (unpaired) electrons. The molecule has 1 aromatic heterocycles. The quantitative estimate of drug-likeness (QED) is 0.915. The molecule has 2 saturated heterocycles. The number of likely N-dealkylation sites (tertiary alicyclic amines) is 2. The van der Waals surface area contributed by atoms with E-state index < -0.39 is 0 Å². The number of oxazole rings is 1. The van der Waals surface area contributed by atoms with Crippen LogP contribution in [-0.2, 0) is 0 Å². The van der Waals surface area contributed by atoms with Crippen LogP contribution in [0.25, 0.3) is 11.3 Å². The molecule has 138 valence electrons. The molecule has 6 nitrogen and oxygen atoms in total. The Labute approximate surface area is 153 Å². The average molecular weight is 355 g/mol. The highest BCUT2D eigenvalue weighted by atomic mass is 16.3. The van der Waals surface area contributed by atoms with Crippen molar-refractivity contribution in [3.63, 3.8) is 0 Å². The number of aliphatic hydroxyl groups is 1. The third-order valence-electron chi connectivity index (χ3n) is 6.15. The summed E-state index contributed by atoms with van der Waals surface area (Å²) in [6, 6.07) is 7.70. The summed E-state index contributed by atoms with van der Waals surface area (Å²) in [7, 11) is 2.11. The SMILES string of the molecule is CN1CCC[C@]2(CO)CCN(C(=O)c3ccc(-c4cnco4)cc3)C[C@@H]12. The number of fused-ring (bicyclic) bond motifs is 1. The lowest BCUT2D eigenvalue weighted by Gasteiger charge is -2.53. The number of aliphatic hydroxyl groups excluding tert-OH is 1. The molecule has 4 rings (SSSR count). The van der Waals surface area contributed by atoms with E-state index in [1.807, 2.05) is 29.2 Å². The van der Waals surface area contributed by atoms with Crippen molar-refractivity contribution in [2.75, 3.05) is 33.3 Å². The highest BCUT2D eigenvalue weighted by Crippen LogP contribution is 2.41. The predicted octanol–water partition coefficient (Wildman–Crippen LogP) is 2.26. The minimum Gasteiger partial charge on any atom is -0.444 e. The first-order valence-corrected chi connectivity index (χ1v) is 9.22. The minimum atomic E-state index is -0.0556. The molecule has 6 heteroatoms. The molecule has 2 aliphatic rings. The Hall–Kier alpha value is -2.18. The van der Waals surface area contributed by atoms with E-state index in [0.717, 1.165) is 31.4 Å². The normalized spacial score (nSPS) is 26.5. The molecule has 2 fully saturated rings. The van der Waals surface area contributed by atoms with Crippen molar-refractivity contribution in [1.82, 2.24) is 14.8 Å². The summed E-state index contributed by atoms with van der Waals surface area (Å²) in [6.45, 7) is 2.61. The van der Waals surface area contributed by atoms with Crippen molar-refractivity contribution in [3.05, 3.63) is 42.4 Å². The number of amides is 1. The van der Waals surface area contributed by atoms with Crippen LogP contribution in [0, 0.1) is 5.41 Å². The molecule has 0 unspecified atom stereocenters. The Morgan fingerprint density at radius 2 is 2.12 bits per heavy atom. The molecule has 0 saturated carbocycles. The van der Waals surface area contributed by atoms with Gasteiger partial charge in [-0.25, -0.2) is 4.98 Å². The summed E-state index contributed by atoms with van der Waals surface area (Å²) in [5, 5.41) is 10.0. The number of hydrogen-bond donors (Lipinski definition) is 1. The van der Waals surface area contributed by atoms with Crippen LogP contribution < -0.4 is 0 Å². The molecule has 2 aromatic rings. The van der Waals surface area contributed by atoms with E-state index in [-0.39, 0.29) is 24.0 Å². The number of aromatic nitrogens is 1. The summed E-state index contributed by atoms with van der Waals surface area (Å²) < 4.78 is 5.30. The number of hydrogen-bond acceptors (Lipinski definition) is 5. The zero-order chi connectivity index (χ0) is 18.1. The number of piperidine rings is 2. The Morgan fingerprint density at radius 1 is 1.31 bits per heavy atom. The van der Waals surface area contributed by atoms with Crippen LogP contribution in [0.15, 0.2) is 41.3 Å². The van der Waals surface area contributed by atoms with Crippen LogP contribution in [0.3, 0.4) is 0 Å². The standard InChI is InChI=1S/C20H25N3O3/c1-22-9-2-7-20(13-24)8-10-23(12-18(20)22)19(25)16-5-3-15(4-6-16)17-11-21-14-26-17/h3-6,11,14,18,24H,2,7-10,12-13H2,1H3/t18-,20-/m1/s1. The van der Waals surface area contributed by atoms with Crippen LogP contribution in [0.1, 0.15) is 29.6 Å². The van der Waals surface area contributed by atoms with E-state index in [1.54, 1.807) is 6.20 Å². The minimum absolute atomic E-state index is 0.0552. The lowest BCUT2D eigenvalue weighted by atomic mass is 9.69. The Balaban J connectivity index is 1.50. The number of carbonyl (C=O) groups is 1. The van der Waals surface area contributed by atoms with Crippen LogP contribution in [-0.4, -0.2) is 65.1 Å². The first-order chi connectivity index (χ1) is 12.6. The van der Waals surface area contributed by atoms with E-state index in [0.29, 0.717) is 24.4 Å². The maximum Gasteiger partial charge on any atom is 0.253 e. The molecule has 1 N–H and O–H groups in total. The second-order valence-electron chi connectivity index (χ2n) is 7.56. The number of carbonyl (C=O) groups excluding carboxylic acids is 1. The Kier molecular flexibility index (Phi) is 4.54. The van der Waals surface area contributed by atoms with Gasteiger partial charge in [-0.15, -0.1) is 0 Å². The summed E-state index contributed by atoms with van der Waals surface area (Å²) in [6.07, 6.45) is 6.09. The van der Waals surface area contributed by atoms with Gasteiger partial charge in [-0.05, 0) is 45.0 Å². The lowest BCUT2D eigenvalue weighted by molar-refractivity contribution is -0.0601. The van der Waals surface area contributed by atoms with Gasteiger partial charge in [0.25, 0.3) is 5.91 Å². The molecule has 0 spiro atoms. The molecular formula is C20H25N3O3. The molecule has 2 atom stereocenters. The summed E-state index contributed by atoms with van der Waals surface area (Å²) in [4.78, 5) is 21.1. The van der Waals surface area contributed by atoms with E-state index in [1.165, 1.54) is 6.39 Å². The second-order valence-corrected chi connectivity index (χ2v) is 7.56. The third-order valence-corrected chi connectivity index (χ3v) is 6.15. The molecule has 0 aliphatic carbocycles. The van der Waals surface area contributed by atoms with Crippen molar-refractivity contribution in [2.45, 2.75) is 25.3 Å². The second kappa shape index (κ2) is 6.85. The monoisotopic (exact) mass is 355 g/mol. The third kappa shape index (κ3) is 2.93. The molecule has 2 aliphatic heterocycles. The van der Waals surface area contributed by atoms with E-state index in [4.69, 9.17) is 4.42 Å². The molecular weight excluding hydrogens is 330 g/mol. The fourth-order valence-electron chi connectivity index (χ4n) is 4.52. The first-order valence-electron chi connectivity index (χ1n) is 9.22. The van der Waals surface area contributed by atoms with Gasteiger partial charge >= 0.3 is 0 Å². The van der Waals surface area contributed by atoms with Gasteiger partial charge < -0.3 is 19.3 Å². The zero-order valence-electron chi connectivity index (χ0n) is 15.1. The van der Waals surface area contributed by atoms with Crippen molar-refractivity contribution < 1.29 is 14.3 Å². The van der Waals surface area contributed by atoms with Gasteiger partial charge in [-0.2, -0.15) is 0 Å². The molecule has 1 amide bonds. The van der Waals surface area contributed by atoms with Gasteiger partial charge in [0.2, 0.25) is 0 Å². The Morgan fingerprint density at radius 3 is 2.81 bits per heavy atom. The average Bonchev–Trinajstić information content (AvgIpc) is 3.22. The van der Waals surface area contributed by atoms with Crippen molar-refractivity contribution in [1.29, 1.82) is 0 Å². The van der Waals surface area contributed by atoms with Gasteiger partial charge in [-0.3, -0.25) is 4.79 Å². The number of benzene rings is 1. The summed E-state index contributed by atoms with van der Waals surface area (Å²) in [5.74, 6) is 0.748. The molecule has 0 bridgehead atoms.